The van der Waals surface area contributed by atoms with Gasteiger partial charge in [-0.15, -0.1) is 0 Å². The number of hydrogen-bond acceptors (Lipinski definition) is 4. The highest BCUT2D eigenvalue weighted by atomic mass is 16.5. The van der Waals surface area contributed by atoms with Crippen molar-refractivity contribution in [1.29, 1.82) is 0 Å². The van der Waals surface area contributed by atoms with Crippen LogP contribution in [-0.4, -0.2) is 38.1 Å². The normalized spacial score (nSPS) is 11.0. The molecule has 0 radical (unpaired) electrons. The maximum absolute atomic E-state index is 11.8. The van der Waals surface area contributed by atoms with Crippen LogP contribution in [-0.2, 0) is 17.9 Å². The summed E-state index contributed by atoms with van der Waals surface area (Å²) in [7, 11) is 3.57. The first kappa shape index (κ1) is 17.5. The van der Waals surface area contributed by atoms with Crippen LogP contribution in [0.25, 0.3) is 0 Å². The molecule has 3 N–H and O–H groups in total. The van der Waals surface area contributed by atoms with Crippen molar-refractivity contribution < 1.29 is 9.53 Å². The SMILES string of the molecule is COc1ccc(CN)cc1CN(C)CC(=O)NCC(C)C. The van der Waals surface area contributed by atoms with Crippen molar-refractivity contribution in [2.24, 2.45) is 11.7 Å². The third kappa shape index (κ3) is 6.14. The molecule has 0 atom stereocenters. The number of hydrogen-bond donors (Lipinski definition) is 2. The lowest BCUT2D eigenvalue weighted by molar-refractivity contribution is -0.122. The number of carbonyl (C=O) groups is 1. The number of rotatable bonds is 8. The Morgan fingerprint density at radius 3 is 2.71 bits per heavy atom. The molecule has 0 unspecified atom stereocenters. The highest BCUT2D eigenvalue weighted by Crippen LogP contribution is 2.21. The number of amides is 1. The van der Waals surface area contributed by atoms with E-state index in [1.165, 1.54) is 0 Å². The zero-order valence-corrected chi connectivity index (χ0v) is 13.5. The molecule has 0 spiro atoms. The number of carbonyl (C=O) groups excluding carboxylic acids is 1. The Kier molecular flexibility index (Phi) is 7.19. The number of likely N-dealkylation sites (N-methyl/N-ethyl adjacent to an activating group) is 1. The molecule has 0 saturated heterocycles. The van der Waals surface area contributed by atoms with E-state index < -0.39 is 0 Å². The van der Waals surface area contributed by atoms with E-state index >= 15 is 0 Å². The van der Waals surface area contributed by atoms with Gasteiger partial charge in [-0.2, -0.15) is 0 Å². The minimum atomic E-state index is 0.0418. The van der Waals surface area contributed by atoms with Gasteiger partial charge in [0.1, 0.15) is 5.75 Å². The molecular weight excluding hydrogens is 266 g/mol. The molecule has 0 heterocycles. The summed E-state index contributed by atoms with van der Waals surface area (Å²) in [6.07, 6.45) is 0. The molecule has 118 valence electrons. The lowest BCUT2D eigenvalue weighted by atomic mass is 10.1. The Morgan fingerprint density at radius 2 is 2.14 bits per heavy atom. The van der Waals surface area contributed by atoms with Crippen LogP contribution in [0.3, 0.4) is 0 Å². The van der Waals surface area contributed by atoms with Gasteiger partial charge in [0.05, 0.1) is 13.7 Å². The zero-order chi connectivity index (χ0) is 15.8. The minimum absolute atomic E-state index is 0.0418. The number of methoxy groups -OCH3 is 1. The molecule has 0 aromatic heterocycles. The maximum atomic E-state index is 11.8. The van der Waals surface area contributed by atoms with Gasteiger partial charge in [0.2, 0.25) is 5.91 Å². The van der Waals surface area contributed by atoms with Crippen molar-refractivity contribution in [1.82, 2.24) is 10.2 Å². The van der Waals surface area contributed by atoms with Crippen molar-refractivity contribution in [2.75, 3.05) is 27.2 Å². The maximum Gasteiger partial charge on any atom is 0.234 e. The van der Waals surface area contributed by atoms with Gasteiger partial charge >= 0.3 is 0 Å². The van der Waals surface area contributed by atoms with Crippen molar-refractivity contribution in [3.63, 3.8) is 0 Å². The standard InChI is InChI=1S/C16H27N3O2/c1-12(2)9-18-16(20)11-19(3)10-14-7-13(8-17)5-6-15(14)21-4/h5-7,12H,8-11,17H2,1-4H3,(H,18,20). The molecular formula is C16H27N3O2. The summed E-state index contributed by atoms with van der Waals surface area (Å²) in [5, 5.41) is 2.92. The fraction of sp³-hybridized carbons (Fsp3) is 0.562. The molecule has 0 saturated carbocycles. The summed E-state index contributed by atoms with van der Waals surface area (Å²) in [5.74, 6) is 1.32. The highest BCUT2D eigenvalue weighted by molar-refractivity contribution is 5.77. The molecule has 1 amide bonds. The average Bonchev–Trinajstić information content (AvgIpc) is 2.44. The predicted octanol–water partition coefficient (Wildman–Crippen LogP) is 1.36. The van der Waals surface area contributed by atoms with E-state index in [0.29, 0.717) is 32.1 Å². The average molecular weight is 293 g/mol. The van der Waals surface area contributed by atoms with Crippen molar-refractivity contribution in [3.05, 3.63) is 29.3 Å². The van der Waals surface area contributed by atoms with Gasteiger partial charge in [0.25, 0.3) is 0 Å². The van der Waals surface area contributed by atoms with Crippen LogP contribution in [0.5, 0.6) is 5.75 Å². The molecule has 1 rings (SSSR count). The Hall–Kier alpha value is -1.59. The lowest BCUT2D eigenvalue weighted by Gasteiger charge is -2.19. The first-order valence-electron chi connectivity index (χ1n) is 7.27. The van der Waals surface area contributed by atoms with Crippen LogP contribution in [0.2, 0.25) is 0 Å². The van der Waals surface area contributed by atoms with E-state index in [-0.39, 0.29) is 5.91 Å². The monoisotopic (exact) mass is 293 g/mol. The van der Waals surface area contributed by atoms with E-state index in [2.05, 4.69) is 19.2 Å². The molecule has 5 heteroatoms. The van der Waals surface area contributed by atoms with E-state index in [1.807, 2.05) is 30.1 Å². The Labute approximate surface area is 127 Å². The quantitative estimate of drug-likeness (QED) is 0.759. The van der Waals surface area contributed by atoms with Crippen LogP contribution in [0.15, 0.2) is 18.2 Å². The predicted molar refractivity (Wildman–Crippen MR) is 85.1 cm³/mol. The number of benzene rings is 1. The molecule has 1 aromatic carbocycles. The smallest absolute Gasteiger partial charge is 0.234 e. The van der Waals surface area contributed by atoms with Gasteiger partial charge in [-0.1, -0.05) is 19.9 Å². The van der Waals surface area contributed by atoms with Crippen LogP contribution in [0.1, 0.15) is 25.0 Å². The van der Waals surface area contributed by atoms with E-state index in [1.54, 1.807) is 7.11 Å². The summed E-state index contributed by atoms with van der Waals surface area (Å²) in [5.41, 5.74) is 7.77. The first-order chi connectivity index (χ1) is 9.96. The third-order valence-electron chi connectivity index (χ3n) is 3.14. The highest BCUT2D eigenvalue weighted by Gasteiger charge is 2.11. The molecule has 0 aliphatic heterocycles. The van der Waals surface area contributed by atoms with Crippen molar-refractivity contribution in [3.8, 4) is 5.75 Å². The van der Waals surface area contributed by atoms with E-state index in [9.17, 15) is 4.79 Å². The summed E-state index contributed by atoms with van der Waals surface area (Å²) >= 11 is 0. The molecule has 21 heavy (non-hydrogen) atoms. The van der Waals surface area contributed by atoms with Crippen LogP contribution >= 0.6 is 0 Å². The summed E-state index contributed by atoms with van der Waals surface area (Å²) in [4.78, 5) is 13.8. The topological polar surface area (TPSA) is 67.6 Å². The molecule has 0 aliphatic carbocycles. The van der Waals surface area contributed by atoms with Crippen LogP contribution in [0, 0.1) is 5.92 Å². The number of nitrogens with zero attached hydrogens (tertiary/aromatic N) is 1. The second kappa shape index (κ2) is 8.64. The number of ether oxygens (including phenoxy) is 1. The molecule has 0 fully saturated rings. The molecule has 5 nitrogen and oxygen atoms in total. The van der Waals surface area contributed by atoms with Gasteiger partial charge in [0, 0.05) is 25.2 Å². The largest absolute Gasteiger partial charge is 0.496 e. The van der Waals surface area contributed by atoms with Crippen molar-refractivity contribution in [2.45, 2.75) is 26.9 Å². The second-order valence-corrected chi connectivity index (χ2v) is 5.72. The third-order valence-corrected chi connectivity index (χ3v) is 3.14. The summed E-state index contributed by atoms with van der Waals surface area (Å²) in [6.45, 7) is 6.36. The van der Waals surface area contributed by atoms with Crippen LogP contribution in [0.4, 0.5) is 0 Å². The zero-order valence-electron chi connectivity index (χ0n) is 13.5. The Bertz CT molecular complexity index is 461. The fourth-order valence-corrected chi connectivity index (χ4v) is 2.05. The lowest BCUT2D eigenvalue weighted by Crippen LogP contribution is -2.36. The van der Waals surface area contributed by atoms with Gasteiger partial charge in [0.15, 0.2) is 0 Å². The summed E-state index contributed by atoms with van der Waals surface area (Å²) in [6, 6.07) is 5.91. The van der Waals surface area contributed by atoms with E-state index in [4.69, 9.17) is 10.5 Å². The summed E-state index contributed by atoms with van der Waals surface area (Å²) < 4.78 is 5.36. The van der Waals surface area contributed by atoms with Gasteiger partial charge in [-0.3, -0.25) is 9.69 Å². The number of nitrogens with two attached hydrogens (primary N) is 1. The molecule has 1 aromatic rings. The van der Waals surface area contributed by atoms with E-state index in [0.717, 1.165) is 16.9 Å². The number of nitrogens with one attached hydrogen (secondary N) is 1. The van der Waals surface area contributed by atoms with Gasteiger partial charge in [-0.05, 0) is 30.7 Å². The Morgan fingerprint density at radius 1 is 1.43 bits per heavy atom. The molecule has 0 bridgehead atoms. The first-order valence-corrected chi connectivity index (χ1v) is 7.27. The fourth-order valence-electron chi connectivity index (χ4n) is 2.05. The van der Waals surface area contributed by atoms with Crippen molar-refractivity contribution >= 4 is 5.91 Å². The van der Waals surface area contributed by atoms with Gasteiger partial charge < -0.3 is 15.8 Å². The second-order valence-electron chi connectivity index (χ2n) is 5.72. The van der Waals surface area contributed by atoms with Crippen LogP contribution < -0.4 is 15.8 Å². The minimum Gasteiger partial charge on any atom is -0.496 e. The molecule has 0 aliphatic rings. The van der Waals surface area contributed by atoms with Gasteiger partial charge in [-0.25, -0.2) is 0 Å². The Balaban J connectivity index is 2.61.